The molecule has 0 saturated carbocycles. The summed E-state index contributed by atoms with van der Waals surface area (Å²) in [5.41, 5.74) is -1.14. The van der Waals surface area contributed by atoms with Crippen LogP contribution in [0, 0.1) is 16.0 Å². The number of rotatable bonds is 8. The Labute approximate surface area is 103 Å². The number of hydrogen-bond acceptors (Lipinski definition) is 3. The molecule has 0 saturated heterocycles. The summed E-state index contributed by atoms with van der Waals surface area (Å²) in [5.74, 6) is -0.291. The first-order valence-electron chi connectivity index (χ1n) is 6.16. The molecule has 0 spiro atoms. The zero-order valence-electron chi connectivity index (χ0n) is 11.2. The van der Waals surface area contributed by atoms with Crippen LogP contribution in [0.2, 0.25) is 0 Å². The van der Waals surface area contributed by atoms with Crippen LogP contribution in [0.4, 0.5) is 0 Å². The SMILES string of the molecule is CCCC/C=C/[C@@](C)([C@H](C)CC(C)=O)[N+](=O)[O-]. The lowest BCUT2D eigenvalue weighted by Gasteiger charge is -2.23. The minimum atomic E-state index is -1.14. The smallest absolute Gasteiger partial charge is 0.240 e. The molecule has 0 radical (unpaired) electrons. The lowest BCUT2D eigenvalue weighted by atomic mass is 9.83. The number of nitro groups is 1. The fraction of sp³-hybridized carbons (Fsp3) is 0.769. The van der Waals surface area contributed by atoms with Crippen LogP contribution in [0.3, 0.4) is 0 Å². The highest BCUT2D eigenvalue weighted by molar-refractivity contribution is 5.75. The highest BCUT2D eigenvalue weighted by atomic mass is 16.6. The standard InChI is InChI=1S/C13H23NO3/c1-5-6-7-8-9-13(4,14(16)17)11(2)10-12(3)15/h8-9,11H,5-7,10H2,1-4H3/b9-8+/t11-,13+/m1/s1. The third-order valence-electron chi connectivity index (χ3n) is 3.16. The molecule has 4 nitrogen and oxygen atoms in total. The highest BCUT2D eigenvalue weighted by Gasteiger charge is 2.40. The van der Waals surface area contributed by atoms with Crippen LogP contribution in [-0.4, -0.2) is 16.2 Å². The van der Waals surface area contributed by atoms with Crippen molar-refractivity contribution in [3.05, 3.63) is 22.3 Å². The van der Waals surface area contributed by atoms with E-state index in [0.29, 0.717) is 0 Å². The van der Waals surface area contributed by atoms with Crippen LogP contribution < -0.4 is 0 Å². The Balaban J connectivity index is 4.72. The molecule has 0 aliphatic carbocycles. The number of allylic oxidation sites excluding steroid dienone is 1. The number of ketones is 1. The molecule has 0 N–H and O–H groups in total. The number of Topliss-reactive ketones (excluding diaryl/α,β-unsaturated/α-hetero) is 1. The normalized spacial score (nSPS) is 16.7. The molecule has 0 bridgehead atoms. The van der Waals surface area contributed by atoms with Gasteiger partial charge in [0.25, 0.3) is 0 Å². The molecule has 0 aromatic rings. The molecule has 0 aromatic carbocycles. The van der Waals surface area contributed by atoms with Gasteiger partial charge in [-0.15, -0.1) is 0 Å². The van der Waals surface area contributed by atoms with Crippen molar-refractivity contribution in [3.63, 3.8) is 0 Å². The van der Waals surface area contributed by atoms with Crippen LogP contribution in [0.25, 0.3) is 0 Å². The third kappa shape index (κ3) is 5.11. The van der Waals surface area contributed by atoms with E-state index in [1.807, 2.05) is 6.08 Å². The van der Waals surface area contributed by atoms with Crippen molar-refractivity contribution in [2.45, 2.75) is 58.9 Å². The summed E-state index contributed by atoms with van der Waals surface area (Å²) in [6.45, 7) is 6.90. The summed E-state index contributed by atoms with van der Waals surface area (Å²) in [4.78, 5) is 21.9. The maximum absolute atomic E-state index is 11.2. The van der Waals surface area contributed by atoms with Crippen molar-refractivity contribution in [1.29, 1.82) is 0 Å². The molecule has 0 aliphatic heterocycles. The molecule has 2 atom stereocenters. The van der Waals surface area contributed by atoms with E-state index < -0.39 is 5.54 Å². The summed E-state index contributed by atoms with van der Waals surface area (Å²) in [7, 11) is 0. The second-order valence-electron chi connectivity index (χ2n) is 4.83. The molecule has 0 aliphatic rings. The average Bonchev–Trinajstić information content (AvgIpc) is 2.22. The zero-order chi connectivity index (χ0) is 13.5. The van der Waals surface area contributed by atoms with Gasteiger partial charge in [0.15, 0.2) is 0 Å². The predicted molar refractivity (Wildman–Crippen MR) is 68.5 cm³/mol. The van der Waals surface area contributed by atoms with Crippen molar-refractivity contribution < 1.29 is 9.72 Å². The van der Waals surface area contributed by atoms with E-state index in [9.17, 15) is 14.9 Å². The summed E-state index contributed by atoms with van der Waals surface area (Å²) < 4.78 is 0. The van der Waals surface area contributed by atoms with Gasteiger partial charge in [-0.2, -0.15) is 0 Å². The van der Waals surface area contributed by atoms with Crippen LogP contribution in [0.15, 0.2) is 12.2 Å². The Morgan fingerprint density at radius 3 is 2.53 bits per heavy atom. The summed E-state index contributed by atoms with van der Waals surface area (Å²) >= 11 is 0. The van der Waals surface area contributed by atoms with Gasteiger partial charge in [0.05, 0.1) is 0 Å². The fourth-order valence-corrected chi connectivity index (χ4v) is 1.69. The second-order valence-corrected chi connectivity index (χ2v) is 4.83. The maximum atomic E-state index is 11.2. The number of carbonyl (C=O) groups is 1. The van der Waals surface area contributed by atoms with Gasteiger partial charge in [0, 0.05) is 24.2 Å². The first-order chi connectivity index (χ1) is 7.84. The Morgan fingerprint density at radius 1 is 1.53 bits per heavy atom. The minimum absolute atomic E-state index is 0.00691. The van der Waals surface area contributed by atoms with E-state index in [4.69, 9.17) is 0 Å². The minimum Gasteiger partial charge on any atom is -0.300 e. The van der Waals surface area contributed by atoms with Crippen molar-refractivity contribution >= 4 is 5.78 Å². The molecule has 0 fully saturated rings. The lowest BCUT2D eigenvalue weighted by molar-refractivity contribution is -0.560. The molecule has 0 heterocycles. The van der Waals surface area contributed by atoms with Crippen LogP contribution >= 0.6 is 0 Å². The molecule has 98 valence electrons. The highest BCUT2D eigenvalue weighted by Crippen LogP contribution is 2.26. The van der Waals surface area contributed by atoms with Crippen LogP contribution in [0.1, 0.15) is 53.4 Å². The molecular weight excluding hydrogens is 218 g/mol. The molecule has 0 rings (SSSR count). The van der Waals surface area contributed by atoms with Gasteiger partial charge in [-0.05, 0) is 19.4 Å². The van der Waals surface area contributed by atoms with Gasteiger partial charge >= 0.3 is 0 Å². The Hall–Kier alpha value is -1.19. The van der Waals surface area contributed by atoms with Crippen molar-refractivity contribution in [3.8, 4) is 0 Å². The van der Waals surface area contributed by atoms with Gasteiger partial charge < -0.3 is 4.79 Å². The number of hydrogen-bond donors (Lipinski definition) is 0. The summed E-state index contributed by atoms with van der Waals surface area (Å²) in [6, 6.07) is 0. The molecule has 17 heavy (non-hydrogen) atoms. The van der Waals surface area contributed by atoms with E-state index in [0.717, 1.165) is 19.3 Å². The number of unbranched alkanes of at least 4 members (excludes halogenated alkanes) is 2. The second kappa shape index (κ2) is 7.20. The first kappa shape index (κ1) is 15.8. The molecule has 4 heteroatoms. The topological polar surface area (TPSA) is 60.2 Å². The Bertz CT molecular complexity index is 299. The fourth-order valence-electron chi connectivity index (χ4n) is 1.69. The van der Waals surface area contributed by atoms with Gasteiger partial charge in [0.1, 0.15) is 5.78 Å². The van der Waals surface area contributed by atoms with Gasteiger partial charge in [0.2, 0.25) is 5.54 Å². The first-order valence-corrected chi connectivity index (χ1v) is 6.16. The lowest BCUT2D eigenvalue weighted by Crippen LogP contribution is -2.40. The summed E-state index contributed by atoms with van der Waals surface area (Å²) in [6.07, 6.45) is 6.72. The Kier molecular flexibility index (Phi) is 6.69. The molecular formula is C13H23NO3. The molecule has 0 unspecified atom stereocenters. The monoisotopic (exact) mass is 241 g/mol. The predicted octanol–water partition coefficient (Wildman–Crippen LogP) is 3.38. The van der Waals surface area contributed by atoms with Crippen molar-refractivity contribution in [2.24, 2.45) is 5.92 Å². The molecule has 0 amide bonds. The Morgan fingerprint density at radius 2 is 2.12 bits per heavy atom. The van der Waals surface area contributed by atoms with Gasteiger partial charge in [-0.3, -0.25) is 10.1 Å². The van der Waals surface area contributed by atoms with Crippen LogP contribution in [-0.2, 0) is 4.79 Å². The zero-order valence-corrected chi connectivity index (χ0v) is 11.2. The van der Waals surface area contributed by atoms with Gasteiger partial charge in [-0.1, -0.05) is 32.8 Å². The average molecular weight is 241 g/mol. The third-order valence-corrected chi connectivity index (χ3v) is 3.16. The van der Waals surface area contributed by atoms with Crippen molar-refractivity contribution in [2.75, 3.05) is 0 Å². The number of nitrogens with zero attached hydrogens (tertiary/aromatic N) is 1. The number of carbonyl (C=O) groups excluding carboxylic acids is 1. The van der Waals surface area contributed by atoms with Gasteiger partial charge in [-0.25, -0.2) is 0 Å². The van der Waals surface area contributed by atoms with Crippen LogP contribution in [0.5, 0.6) is 0 Å². The van der Waals surface area contributed by atoms with E-state index >= 15 is 0 Å². The van der Waals surface area contributed by atoms with Crippen molar-refractivity contribution in [1.82, 2.24) is 0 Å². The largest absolute Gasteiger partial charge is 0.300 e. The summed E-state index contributed by atoms with van der Waals surface area (Å²) in [5, 5.41) is 11.2. The quantitative estimate of drug-likeness (QED) is 0.283. The van der Waals surface area contributed by atoms with E-state index in [2.05, 4.69) is 6.92 Å². The maximum Gasteiger partial charge on any atom is 0.240 e. The van der Waals surface area contributed by atoms with E-state index in [1.54, 1.807) is 19.9 Å². The van der Waals surface area contributed by atoms with E-state index in [1.165, 1.54) is 6.92 Å². The molecule has 0 aromatic heterocycles. The van der Waals surface area contributed by atoms with E-state index in [-0.39, 0.29) is 23.0 Å².